The average Bonchev–Trinajstić information content (AvgIpc) is 2.83. The third-order valence-electron chi connectivity index (χ3n) is 5.78. The van der Waals surface area contributed by atoms with E-state index in [4.69, 9.17) is 34.7 Å². The zero-order valence-corrected chi connectivity index (χ0v) is 21.8. The molecule has 2 nitrogen and oxygen atoms in total. The van der Waals surface area contributed by atoms with E-state index in [1.54, 1.807) is 0 Å². The number of benzene rings is 2. The Labute approximate surface area is 207 Å². The van der Waals surface area contributed by atoms with Crippen LogP contribution < -0.4 is 9.47 Å². The predicted octanol–water partition coefficient (Wildman–Crippen LogP) is 9.03. The number of ether oxygens (including phenoxy) is 2. The minimum Gasteiger partial charge on any atom is -0.494 e. The summed E-state index contributed by atoms with van der Waals surface area (Å²) < 4.78 is 11.8. The van der Waals surface area contributed by atoms with Gasteiger partial charge in [0, 0.05) is 10.5 Å². The Hall–Kier alpha value is -1.26. The van der Waals surface area contributed by atoms with Gasteiger partial charge in [0.05, 0.1) is 13.2 Å². The van der Waals surface area contributed by atoms with Crippen molar-refractivity contribution in [1.82, 2.24) is 0 Å². The van der Waals surface area contributed by atoms with Crippen LogP contribution in [0.2, 0.25) is 0 Å². The van der Waals surface area contributed by atoms with E-state index in [0.717, 1.165) is 48.7 Å². The molecule has 0 heterocycles. The Kier molecular flexibility index (Phi) is 13.8. The van der Waals surface area contributed by atoms with E-state index in [-0.39, 0.29) is 10.5 Å². The van der Waals surface area contributed by atoms with Gasteiger partial charge in [-0.2, -0.15) is 25.3 Å². The van der Waals surface area contributed by atoms with Crippen LogP contribution in [-0.4, -0.2) is 13.2 Å². The van der Waals surface area contributed by atoms with Crippen LogP contribution in [0.15, 0.2) is 48.5 Å². The maximum absolute atomic E-state index is 5.88. The lowest BCUT2D eigenvalue weighted by atomic mass is 10.0. The summed E-state index contributed by atoms with van der Waals surface area (Å²) in [7, 11) is 0. The highest BCUT2D eigenvalue weighted by atomic mass is 32.1. The summed E-state index contributed by atoms with van der Waals surface area (Å²) in [5.41, 5.74) is 2.30. The molecule has 0 spiro atoms. The number of thiol groups is 2. The van der Waals surface area contributed by atoms with Gasteiger partial charge in [-0.3, -0.25) is 0 Å². The summed E-state index contributed by atoms with van der Waals surface area (Å²) in [4.78, 5) is 0. The van der Waals surface area contributed by atoms with Gasteiger partial charge in [0.25, 0.3) is 0 Å². The second kappa shape index (κ2) is 16.4. The lowest BCUT2D eigenvalue weighted by Crippen LogP contribution is -2.02. The maximum atomic E-state index is 5.88. The third-order valence-corrected chi connectivity index (χ3v) is 7.20. The minimum atomic E-state index is 0.00626. The first kappa shape index (κ1) is 27.0. The molecule has 2 rings (SSSR count). The van der Waals surface area contributed by atoms with Gasteiger partial charge in [0.15, 0.2) is 0 Å². The molecule has 178 valence electrons. The summed E-state index contributed by atoms with van der Waals surface area (Å²) in [6.45, 7) is 6.05. The predicted molar refractivity (Wildman–Crippen MR) is 145 cm³/mol. The molecule has 32 heavy (non-hydrogen) atoms. The van der Waals surface area contributed by atoms with Crippen molar-refractivity contribution in [2.45, 2.75) is 88.6 Å². The van der Waals surface area contributed by atoms with Gasteiger partial charge in [0.1, 0.15) is 11.5 Å². The quantitative estimate of drug-likeness (QED) is 0.176. The number of unbranched alkanes of at least 4 members (excludes halogenated alkanes) is 8. The van der Waals surface area contributed by atoms with E-state index in [9.17, 15) is 0 Å². The van der Waals surface area contributed by atoms with Gasteiger partial charge in [-0.05, 0) is 48.2 Å². The average molecular weight is 475 g/mol. The van der Waals surface area contributed by atoms with Crippen molar-refractivity contribution in [2.75, 3.05) is 13.2 Å². The Bertz CT molecular complexity index is 652. The van der Waals surface area contributed by atoms with Crippen molar-refractivity contribution in [1.29, 1.82) is 0 Å². The van der Waals surface area contributed by atoms with Gasteiger partial charge in [0.2, 0.25) is 0 Å². The normalized spacial score (nSPS) is 13.0. The molecule has 0 saturated heterocycles. The Morgan fingerprint density at radius 3 is 1.22 bits per heavy atom. The fraction of sp³-hybridized carbons (Fsp3) is 0.571. The van der Waals surface area contributed by atoms with Gasteiger partial charge in [-0.15, -0.1) is 0 Å². The van der Waals surface area contributed by atoms with Crippen molar-refractivity contribution in [3.05, 3.63) is 59.7 Å². The van der Waals surface area contributed by atoms with E-state index in [1.165, 1.54) is 51.4 Å². The topological polar surface area (TPSA) is 18.5 Å². The molecule has 0 aliphatic rings. The van der Waals surface area contributed by atoms with Crippen molar-refractivity contribution in [3.63, 3.8) is 0 Å². The molecule has 0 aromatic heterocycles. The zero-order valence-electron chi connectivity index (χ0n) is 20.0. The third kappa shape index (κ3) is 10.1. The van der Waals surface area contributed by atoms with Crippen LogP contribution in [0, 0.1) is 0 Å². The highest BCUT2D eigenvalue weighted by Crippen LogP contribution is 2.39. The number of hydrogen-bond acceptors (Lipinski definition) is 4. The highest BCUT2D eigenvalue weighted by molar-refractivity contribution is 7.84. The molecular weight excluding hydrogens is 432 g/mol. The largest absolute Gasteiger partial charge is 0.494 e. The first-order chi connectivity index (χ1) is 15.7. The molecule has 4 heteroatoms. The Morgan fingerprint density at radius 2 is 0.875 bits per heavy atom. The van der Waals surface area contributed by atoms with E-state index in [0.29, 0.717) is 0 Å². The second-order valence-corrected chi connectivity index (χ2v) is 9.67. The maximum Gasteiger partial charge on any atom is 0.119 e. The van der Waals surface area contributed by atoms with Gasteiger partial charge >= 0.3 is 0 Å². The first-order valence-corrected chi connectivity index (χ1v) is 13.5. The molecule has 0 radical (unpaired) electrons. The van der Waals surface area contributed by atoms with E-state index in [2.05, 4.69) is 38.1 Å². The summed E-state index contributed by atoms with van der Waals surface area (Å²) in [5, 5.41) is 0.0125. The van der Waals surface area contributed by atoms with Gasteiger partial charge in [-0.25, -0.2) is 0 Å². The molecule has 0 amide bonds. The molecule has 0 saturated carbocycles. The summed E-state index contributed by atoms with van der Waals surface area (Å²) in [5.74, 6) is 1.85. The summed E-state index contributed by atoms with van der Waals surface area (Å²) in [6.07, 6.45) is 12.5. The molecule has 0 aliphatic carbocycles. The van der Waals surface area contributed by atoms with Crippen LogP contribution in [0.25, 0.3) is 0 Å². The van der Waals surface area contributed by atoms with Crippen LogP contribution in [0.1, 0.15) is 99.7 Å². The van der Waals surface area contributed by atoms with Crippen LogP contribution >= 0.6 is 25.3 Å². The SMILES string of the molecule is CCCCCCCOc1ccc(C(S)C(S)c2ccc(OCCCCCCC)cc2)cc1. The summed E-state index contributed by atoms with van der Waals surface area (Å²) in [6, 6.07) is 16.6. The molecule has 0 N–H and O–H groups in total. The standard InChI is InChI=1S/C28H42O2S2/c1-3-5-7-9-11-21-29-25-17-13-23(14-18-25)27(31)28(32)24-15-19-26(20-16-24)30-22-12-10-8-6-4-2/h13-20,27-28,31-32H,3-12,21-22H2,1-2H3. The molecule has 0 aliphatic heterocycles. The minimum absolute atomic E-state index is 0.00626. The fourth-order valence-corrected chi connectivity index (χ4v) is 4.37. The highest BCUT2D eigenvalue weighted by Gasteiger charge is 2.18. The van der Waals surface area contributed by atoms with E-state index in [1.807, 2.05) is 24.3 Å². The Morgan fingerprint density at radius 1 is 0.531 bits per heavy atom. The van der Waals surface area contributed by atoms with Crippen LogP contribution in [0.3, 0.4) is 0 Å². The van der Waals surface area contributed by atoms with E-state index < -0.39 is 0 Å². The molecule has 0 fully saturated rings. The zero-order chi connectivity index (χ0) is 23.0. The smallest absolute Gasteiger partial charge is 0.119 e. The van der Waals surface area contributed by atoms with Crippen LogP contribution in [-0.2, 0) is 0 Å². The van der Waals surface area contributed by atoms with Crippen LogP contribution in [0.4, 0.5) is 0 Å². The molecule has 2 atom stereocenters. The molecule has 0 bridgehead atoms. The second-order valence-electron chi connectivity index (χ2n) is 8.55. The van der Waals surface area contributed by atoms with Crippen LogP contribution in [0.5, 0.6) is 11.5 Å². The monoisotopic (exact) mass is 474 g/mol. The first-order valence-electron chi connectivity index (χ1n) is 12.5. The van der Waals surface area contributed by atoms with Crippen molar-refractivity contribution in [3.8, 4) is 11.5 Å². The van der Waals surface area contributed by atoms with Crippen molar-refractivity contribution < 1.29 is 9.47 Å². The molecule has 2 aromatic carbocycles. The number of hydrogen-bond donors (Lipinski definition) is 2. The lowest BCUT2D eigenvalue weighted by molar-refractivity contribution is 0.304. The summed E-state index contributed by atoms with van der Waals surface area (Å²) >= 11 is 9.71. The van der Waals surface area contributed by atoms with Gasteiger partial charge < -0.3 is 9.47 Å². The number of rotatable bonds is 17. The van der Waals surface area contributed by atoms with E-state index >= 15 is 0 Å². The lowest BCUT2D eigenvalue weighted by Gasteiger charge is -2.20. The molecular formula is C28H42O2S2. The molecule has 2 aromatic rings. The fourth-order valence-electron chi connectivity index (χ4n) is 3.68. The molecule has 2 unspecified atom stereocenters. The van der Waals surface area contributed by atoms with Crippen molar-refractivity contribution in [2.24, 2.45) is 0 Å². The van der Waals surface area contributed by atoms with Gasteiger partial charge in [-0.1, -0.05) is 89.5 Å². The Balaban J connectivity index is 1.76. The van der Waals surface area contributed by atoms with Crippen molar-refractivity contribution >= 4 is 25.3 Å².